The van der Waals surface area contributed by atoms with Gasteiger partial charge in [-0.1, -0.05) is 0 Å². The van der Waals surface area contributed by atoms with Crippen LogP contribution in [0.15, 0.2) is 12.3 Å². The zero-order valence-corrected chi connectivity index (χ0v) is 8.49. The van der Waals surface area contributed by atoms with E-state index in [1.54, 1.807) is 0 Å². The van der Waals surface area contributed by atoms with Crippen molar-refractivity contribution in [1.29, 1.82) is 0 Å². The summed E-state index contributed by atoms with van der Waals surface area (Å²) < 4.78 is 38.4. The van der Waals surface area contributed by atoms with Crippen LogP contribution in [-0.4, -0.2) is 25.7 Å². The molecule has 0 aliphatic carbocycles. The molecule has 0 amide bonds. The van der Waals surface area contributed by atoms with Crippen molar-refractivity contribution >= 4 is 11.6 Å². The molecular formula is C9H6F3N3O2. The number of carboxylic acids is 1. The van der Waals surface area contributed by atoms with E-state index in [1.165, 1.54) is 13.1 Å². The van der Waals surface area contributed by atoms with Gasteiger partial charge < -0.3 is 5.11 Å². The van der Waals surface area contributed by atoms with Gasteiger partial charge in [-0.05, 0) is 6.92 Å². The number of halogens is 3. The van der Waals surface area contributed by atoms with Crippen LogP contribution in [0.5, 0.6) is 0 Å². The minimum absolute atomic E-state index is 0.114. The highest BCUT2D eigenvalue weighted by atomic mass is 19.4. The van der Waals surface area contributed by atoms with Gasteiger partial charge >= 0.3 is 12.1 Å². The normalized spacial score (nSPS) is 12.0. The number of carboxylic acid groups (broad SMARTS) is 1. The summed E-state index contributed by atoms with van der Waals surface area (Å²) in [5, 5.41) is 12.5. The number of nitrogens with zero attached hydrogens (tertiary/aromatic N) is 3. The van der Waals surface area contributed by atoms with Gasteiger partial charge in [0.2, 0.25) is 0 Å². The molecule has 0 spiro atoms. The number of alkyl halides is 3. The molecule has 2 heterocycles. The first-order valence-corrected chi connectivity index (χ1v) is 4.46. The maximum atomic E-state index is 12.5. The van der Waals surface area contributed by atoms with E-state index in [0.717, 1.165) is 4.52 Å². The summed E-state index contributed by atoms with van der Waals surface area (Å²) >= 11 is 0. The SMILES string of the molecule is Cc1cnn2c(C(=O)O)cc(C(F)(F)F)nc12. The summed E-state index contributed by atoms with van der Waals surface area (Å²) in [6, 6.07) is 0.460. The lowest BCUT2D eigenvalue weighted by molar-refractivity contribution is -0.141. The standard InChI is InChI=1S/C9H6F3N3O2/c1-4-3-13-15-5(8(16)17)2-6(9(10,11)12)14-7(4)15/h2-3H,1H3,(H,16,17). The summed E-state index contributed by atoms with van der Waals surface area (Å²) in [5.74, 6) is -1.49. The Balaban J connectivity index is 2.83. The largest absolute Gasteiger partial charge is 0.477 e. The van der Waals surface area contributed by atoms with Crippen molar-refractivity contribution in [2.45, 2.75) is 13.1 Å². The molecule has 17 heavy (non-hydrogen) atoms. The van der Waals surface area contributed by atoms with Gasteiger partial charge in [0.1, 0.15) is 5.69 Å². The van der Waals surface area contributed by atoms with E-state index in [0.29, 0.717) is 11.6 Å². The zero-order valence-electron chi connectivity index (χ0n) is 8.49. The smallest absolute Gasteiger partial charge is 0.433 e. The Hall–Kier alpha value is -2.12. The average Bonchev–Trinajstić information content (AvgIpc) is 2.58. The molecule has 90 valence electrons. The van der Waals surface area contributed by atoms with Gasteiger partial charge in [0.05, 0.1) is 6.20 Å². The van der Waals surface area contributed by atoms with Gasteiger partial charge in [-0.3, -0.25) is 0 Å². The minimum atomic E-state index is -4.69. The van der Waals surface area contributed by atoms with Gasteiger partial charge in [0, 0.05) is 11.6 Å². The first kappa shape index (κ1) is 11.4. The Morgan fingerprint density at radius 3 is 2.65 bits per heavy atom. The monoisotopic (exact) mass is 245 g/mol. The molecule has 0 fully saturated rings. The number of rotatable bonds is 1. The van der Waals surface area contributed by atoms with E-state index in [-0.39, 0.29) is 5.65 Å². The van der Waals surface area contributed by atoms with Crippen LogP contribution in [0.3, 0.4) is 0 Å². The van der Waals surface area contributed by atoms with E-state index in [9.17, 15) is 18.0 Å². The first-order chi connectivity index (χ1) is 7.80. The predicted octanol–water partition coefficient (Wildman–Crippen LogP) is 1.75. The zero-order chi connectivity index (χ0) is 12.8. The van der Waals surface area contributed by atoms with E-state index >= 15 is 0 Å². The molecule has 0 bridgehead atoms. The van der Waals surface area contributed by atoms with Gasteiger partial charge in [0.15, 0.2) is 11.3 Å². The molecule has 2 rings (SSSR count). The molecule has 0 radical (unpaired) electrons. The lowest BCUT2D eigenvalue weighted by Gasteiger charge is -2.08. The molecule has 5 nitrogen and oxygen atoms in total. The van der Waals surface area contributed by atoms with Crippen molar-refractivity contribution < 1.29 is 23.1 Å². The summed E-state index contributed by atoms with van der Waals surface area (Å²) in [5.41, 5.74) is -1.56. The van der Waals surface area contributed by atoms with Crippen molar-refractivity contribution in [3.05, 3.63) is 29.2 Å². The molecule has 0 aliphatic rings. The fraction of sp³-hybridized carbons (Fsp3) is 0.222. The highest BCUT2D eigenvalue weighted by molar-refractivity contribution is 5.86. The highest BCUT2D eigenvalue weighted by Crippen LogP contribution is 2.29. The van der Waals surface area contributed by atoms with Gasteiger partial charge in [-0.25, -0.2) is 14.3 Å². The van der Waals surface area contributed by atoms with Gasteiger partial charge in [0.25, 0.3) is 0 Å². The van der Waals surface area contributed by atoms with Crippen LogP contribution in [0.1, 0.15) is 21.7 Å². The lowest BCUT2D eigenvalue weighted by Crippen LogP contribution is -2.15. The van der Waals surface area contributed by atoms with Crippen LogP contribution in [0, 0.1) is 6.92 Å². The van der Waals surface area contributed by atoms with Crippen molar-refractivity contribution in [3.63, 3.8) is 0 Å². The molecule has 0 aromatic carbocycles. The van der Waals surface area contributed by atoms with Crippen LogP contribution in [0.25, 0.3) is 5.65 Å². The number of carbonyl (C=O) groups is 1. The summed E-state index contributed by atoms with van der Waals surface area (Å²) in [6.45, 7) is 1.50. The Kier molecular flexibility index (Phi) is 2.30. The topological polar surface area (TPSA) is 67.5 Å². The molecule has 0 aliphatic heterocycles. The molecule has 2 aromatic rings. The van der Waals surface area contributed by atoms with Crippen LogP contribution in [0.4, 0.5) is 13.2 Å². The summed E-state index contributed by atoms with van der Waals surface area (Å²) in [6.07, 6.45) is -3.43. The fourth-order valence-electron chi connectivity index (χ4n) is 1.37. The first-order valence-electron chi connectivity index (χ1n) is 4.46. The fourth-order valence-corrected chi connectivity index (χ4v) is 1.37. The van der Waals surface area contributed by atoms with Crippen molar-refractivity contribution in [2.75, 3.05) is 0 Å². The van der Waals surface area contributed by atoms with Crippen LogP contribution < -0.4 is 0 Å². The van der Waals surface area contributed by atoms with E-state index in [1.807, 2.05) is 0 Å². The van der Waals surface area contributed by atoms with E-state index < -0.39 is 23.5 Å². The number of hydrogen-bond acceptors (Lipinski definition) is 3. The third-order valence-electron chi connectivity index (χ3n) is 2.16. The average molecular weight is 245 g/mol. The number of hydrogen-bond donors (Lipinski definition) is 1. The lowest BCUT2D eigenvalue weighted by atomic mass is 10.3. The second kappa shape index (κ2) is 3.44. The molecule has 1 N–H and O–H groups in total. The summed E-state index contributed by atoms with van der Waals surface area (Å²) in [7, 11) is 0. The van der Waals surface area contributed by atoms with Crippen molar-refractivity contribution in [3.8, 4) is 0 Å². The minimum Gasteiger partial charge on any atom is -0.477 e. The Morgan fingerprint density at radius 2 is 2.12 bits per heavy atom. The Labute approximate surface area is 92.5 Å². The van der Waals surface area contributed by atoms with Crippen LogP contribution >= 0.6 is 0 Å². The molecule has 2 aromatic heterocycles. The maximum absolute atomic E-state index is 12.5. The predicted molar refractivity (Wildman–Crippen MR) is 49.7 cm³/mol. The Bertz CT molecular complexity index is 603. The highest BCUT2D eigenvalue weighted by Gasteiger charge is 2.34. The molecule has 0 atom stereocenters. The van der Waals surface area contributed by atoms with E-state index in [4.69, 9.17) is 5.11 Å². The molecule has 0 saturated heterocycles. The van der Waals surface area contributed by atoms with E-state index in [2.05, 4.69) is 10.1 Å². The second-order valence-electron chi connectivity index (χ2n) is 3.39. The number of fused-ring (bicyclic) bond motifs is 1. The molecule has 0 unspecified atom stereocenters. The Morgan fingerprint density at radius 1 is 1.47 bits per heavy atom. The van der Waals surface area contributed by atoms with Crippen molar-refractivity contribution in [1.82, 2.24) is 14.6 Å². The van der Waals surface area contributed by atoms with Gasteiger partial charge in [-0.15, -0.1) is 0 Å². The third-order valence-corrected chi connectivity index (χ3v) is 2.16. The maximum Gasteiger partial charge on any atom is 0.433 e. The summed E-state index contributed by atoms with van der Waals surface area (Å²) in [4.78, 5) is 14.2. The quantitative estimate of drug-likeness (QED) is 0.831. The molecular weight excluding hydrogens is 239 g/mol. The number of aromatic carboxylic acids is 1. The number of aryl methyl sites for hydroxylation is 1. The van der Waals surface area contributed by atoms with Crippen LogP contribution in [0.2, 0.25) is 0 Å². The number of aromatic nitrogens is 3. The molecule has 0 saturated carbocycles. The third kappa shape index (κ3) is 1.81. The van der Waals surface area contributed by atoms with Crippen LogP contribution in [-0.2, 0) is 6.18 Å². The van der Waals surface area contributed by atoms with Gasteiger partial charge in [-0.2, -0.15) is 18.3 Å². The molecule has 8 heteroatoms. The second-order valence-corrected chi connectivity index (χ2v) is 3.39. The van der Waals surface area contributed by atoms with Crippen molar-refractivity contribution in [2.24, 2.45) is 0 Å².